The number of anilines is 3. The number of esters is 3. The Morgan fingerprint density at radius 3 is 1.36 bits per heavy atom. The maximum Gasteiger partial charge on any atom is 0.338 e. The van der Waals surface area contributed by atoms with Crippen molar-refractivity contribution >= 4 is 35.0 Å². The van der Waals surface area contributed by atoms with Crippen molar-refractivity contribution < 1.29 is 28.6 Å². The number of rotatable bonds is 9. The van der Waals surface area contributed by atoms with Crippen LogP contribution >= 0.6 is 0 Å². The molecule has 3 rings (SSSR count). The van der Waals surface area contributed by atoms with Crippen LogP contribution in [0, 0.1) is 0 Å². The van der Waals surface area contributed by atoms with Crippen molar-refractivity contribution in [3.63, 3.8) is 0 Å². The fraction of sp³-hybridized carbons (Fsp3) is 0.0690. The van der Waals surface area contributed by atoms with E-state index in [9.17, 15) is 14.4 Å². The average Bonchev–Trinajstić information content (AvgIpc) is 2.84. The van der Waals surface area contributed by atoms with Gasteiger partial charge in [-0.25, -0.2) is 14.4 Å². The van der Waals surface area contributed by atoms with Gasteiger partial charge in [-0.3, -0.25) is 0 Å². The first-order valence-electron chi connectivity index (χ1n) is 10.9. The molecule has 0 unspecified atom stereocenters. The summed E-state index contributed by atoms with van der Waals surface area (Å²) in [6.45, 7) is 13.8. The number of hydrogen-bond acceptors (Lipinski definition) is 7. The number of ether oxygens (including phenoxy) is 3. The molecule has 0 amide bonds. The van der Waals surface area contributed by atoms with Crippen LogP contribution in [0.2, 0.25) is 0 Å². The predicted octanol–water partition coefficient (Wildman–Crippen LogP) is 6.21. The van der Waals surface area contributed by atoms with Crippen LogP contribution in [-0.2, 0) is 14.4 Å². The molecule has 182 valence electrons. The third-order valence-corrected chi connectivity index (χ3v) is 4.73. The van der Waals surface area contributed by atoms with Gasteiger partial charge in [-0.15, -0.1) is 0 Å². The molecule has 0 heterocycles. The normalized spacial score (nSPS) is 10.1. The first kappa shape index (κ1) is 25.7. The Morgan fingerprint density at radius 2 is 1.03 bits per heavy atom. The molecule has 3 aromatic carbocycles. The average molecular weight is 484 g/mol. The smallest absolute Gasteiger partial charge is 0.338 e. The van der Waals surface area contributed by atoms with Crippen molar-refractivity contribution in [1.29, 1.82) is 0 Å². The van der Waals surface area contributed by atoms with Crippen LogP contribution in [0.3, 0.4) is 0 Å². The molecule has 0 aromatic heterocycles. The van der Waals surface area contributed by atoms with Crippen LogP contribution in [0.1, 0.15) is 13.8 Å². The summed E-state index contributed by atoms with van der Waals surface area (Å²) in [6.07, 6.45) is 1.07. The van der Waals surface area contributed by atoms with E-state index >= 15 is 0 Å². The Balaban J connectivity index is 2.10. The molecule has 0 atom stereocenters. The second-order valence-corrected chi connectivity index (χ2v) is 7.79. The lowest BCUT2D eigenvalue weighted by molar-refractivity contribution is -0.130. The molecule has 0 fully saturated rings. The van der Waals surface area contributed by atoms with Crippen LogP contribution in [-0.4, -0.2) is 17.9 Å². The van der Waals surface area contributed by atoms with Crippen LogP contribution in [0.15, 0.2) is 110 Å². The number of nitrogens with zero attached hydrogens (tertiary/aromatic N) is 1. The highest BCUT2D eigenvalue weighted by atomic mass is 16.5. The summed E-state index contributed by atoms with van der Waals surface area (Å²) in [5.74, 6) is -0.774. The predicted molar refractivity (Wildman–Crippen MR) is 138 cm³/mol. The SMILES string of the molecule is C=CC(=O)Oc1cccc(N(c2cccc(OC(=O)C(=C)C)c2)c2cccc(OC(=O)C(=C)C)c2)c1. The molecule has 0 N–H and O–H groups in total. The van der Waals surface area contributed by atoms with E-state index in [1.54, 1.807) is 68.4 Å². The van der Waals surface area contributed by atoms with Gasteiger partial charge < -0.3 is 19.1 Å². The van der Waals surface area contributed by atoms with Crippen LogP contribution in [0.25, 0.3) is 0 Å². The van der Waals surface area contributed by atoms with Crippen LogP contribution < -0.4 is 19.1 Å². The molecule has 0 aliphatic heterocycles. The van der Waals surface area contributed by atoms with E-state index in [0.717, 1.165) is 6.08 Å². The molecule has 0 saturated carbocycles. The molecule has 7 nitrogen and oxygen atoms in total. The zero-order valence-electron chi connectivity index (χ0n) is 20.0. The minimum atomic E-state index is -0.596. The van der Waals surface area contributed by atoms with E-state index in [4.69, 9.17) is 14.2 Å². The Bertz CT molecular complexity index is 1290. The summed E-state index contributed by atoms with van der Waals surface area (Å²) in [4.78, 5) is 37.7. The zero-order chi connectivity index (χ0) is 26.2. The Hall–Kier alpha value is -4.91. The molecule has 3 aromatic rings. The standard InChI is InChI=1S/C29H25NO6/c1-6-27(31)34-24-13-7-10-21(16-24)30(22-11-8-14-25(17-22)35-28(32)19(2)3)23-12-9-15-26(18-23)36-29(33)20(4)5/h6-18H,1-2,4H2,3,5H3. The lowest BCUT2D eigenvalue weighted by Gasteiger charge is -2.26. The highest BCUT2D eigenvalue weighted by molar-refractivity contribution is 5.90. The lowest BCUT2D eigenvalue weighted by atomic mass is 10.1. The van der Waals surface area contributed by atoms with E-state index in [0.29, 0.717) is 34.3 Å². The van der Waals surface area contributed by atoms with Crippen LogP contribution in [0.5, 0.6) is 17.2 Å². The summed E-state index contributed by atoms with van der Waals surface area (Å²) in [7, 11) is 0. The van der Waals surface area contributed by atoms with Gasteiger partial charge in [0.2, 0.25) is 0 Å². The third kappa shape index (κ3) is 6.57. The fourth-order valence-electron chi connectivity index (χ4n) is 3.05. The summed E-state index contributed by atoms with van der Waals surface area (Å²) in [5, 5.41) is 0. The topological polar surface area (TPSA) is 82.1 Å². The van der Waals surface area contributed by atoms with E-state index in [1.165, 1.54) is 0 Å². The van der Waals surface area contributed by atoms with E-state index in [-0.39, 0.29) is 11.1 Å². The molecule has 0 aliphatic carbocycles. The second-order valence-electron chi connectivity index (χ2n) is 7.79. The van der Waals surface area contributed by atoms with Crippen LogP contribution in [0.4, 0.5) is 17.1 Å². The van der Waals surface area contributed by atoms with Crippen molar-refractivity contribution in [2.24, 2.45) is 0 Å². The van der Waals surface area contributed by atoms with Gasteiger partial charge >= 0.3 is 17.9 Å². The Kier molecular flexibility index (Phi) is 8.20. The van der Waals surface area contributed by atoms with Crippen molar-refractivity contribution in [2.75, 3.05) is 4.90 Å². The summed E-state index contributed by atoms with van der Waals surface area (Å²) < 4.78 is 16.1. The number of benzene rings is 3. The molecular weight excluding hydrogens is 458 g/mol. The first-order chi connectivity index (χ1) is 17.2. The first-order valence-corrected chi connectivity index (χ1v) is 10.9. The van der Waals surface area contributed by atoms with Crippen molar-refractivity contribution in [1.82, 2.24) is 0 Å². The summed E-state index contributed by atoms with van der Waals surface area (Å²) in [6, 6.07) is 20.6. The highest BCUT2D eigenvalue weighted by Crippen LogP contribution is 2.38. The molecule has 0 aliphatic rings. The molecule has 0 bridgehead atoms. The molecule has 36 heavy (non-hydrogen) atoms. The van der Waals surface area contributed by atoms with Gasteiger partial charge in [0, 0.05) is 52.5 Å². The van der Waals surface area contributed by atoms with E-state index < -0.39 is 17.9 Å². The third-order valence-electron chi connectivity index (χ3n) is 4.73. The maximum absolute atomic E-state index is 12.1. The minimum Gasteiger partial charge on any atom is -0.423 e. The quantitative estimate of drug-likeness (QED) is 0.203. The van der Waals surface area contributed by atoms with Gasteiger partial charge in [-0.2, -0.15) is 0 Å². The minimum absolute atomic E-state index is 0.265. The van der Waals surface area contributed by atoms with Crippen molar-refractivity contribution in [2.45, 2.75) is 13.8 Å². The van der Waals surface area contributed by atoms with Crippen molar-refractivity contribution in [3.05, 3.63) is 110 Å². The Labute approximate surface area is 209 Å². The van der Waals surface area contributed by atoms with Gasteiger partial charge in [0.1, 0.15) is 17.2 Å². The van der Waals surface area contributed by atoms with Gasteiger partial charge in [0.15, 0.2) is 0 Å². The van der Waals surface area contributed by atoms with E-state index in [1.807, 2.05) is 23.1 Å². The van der Waals surface area contributed by atoms with Gasteiger partial charge in [0.25, 0.3) is 0 Å². The Morgan fingerprint density at radius 1 is 0.667 bits per heavy atom. The van der Waals surface area contributed by atoms with Crippen molar-refractivity contribution in [3.8, 4) is 17.2 Å². The fourth-order valence-corrected chi connectivity index (χ4v) is 3.05. The summed E-state index contributed by atoms with van der Waals surface area (Å²) in [5.41, 5.74) is 2.40. The highest BCUT2D eigenvalue weighted by Gasteiger charge is 2.17. The van der Waals surface area contributed by atoms with Gasteiger partial charge in [-0.05, 0) is 50.2 Å². The lowest BCUT2D eigenvalue weighted by Crippen LogP contribution is -2.13. The monoisotopic (exact) mass is 483 g/mol. The molecular formula is C29H25NO6. The molecule has 7 heteroatoms. The zero-order valence-corrected chi connectivity index (χ0v) is 20.0. The molecule has 0 saturated heterocycles. The maximum atomic E-state index is 12.1. The molecule has 0 spiro atoms. The van der Waals surface area contributed by atoms with Gasteiger partial charge in [-0.1, -0.05) is 37.9 Å². The van der Waals surface area contributed by atoms with E-state index in [2.05, 4.69) is 19.7 Å². The molecule has 0 radical (unpaired) electrons. The second kappa shape index (κ2) is 11.5. The number of hydrogen-bond donors (Lipinski definition) is 0. The van der Waals surface area contributed by atoms with Gasteiger partial charge in [0.05, 0.1) is 0 Å². The summed E-state index contributed by atoms with van der Waals surface area (Å²) >= 11 is 0. The number of carbonyl (C=O) groups is 3. The number of carbonyl (C=O) groups excluding carboxylic acids is 3. The largest absolute Gasteiger partial charge is 0.423 e.